The van der Waals surface area contributed by atoms with Gasteiger partial charge in [-0.15, -0.1) is 0 Å². The Morgan fingerprint density at radius 2 is 1.86 bits per heavy atom. The molecule has 2 aliphatic rings. The van der Waals surface area contributed by atoms with E-state index in [1.165, 1.54) is 5.69 Å². The van der Waals surface area contributed by atoms with Crippen LogP contribution in [-0.4, -0.2) is 41.4 Å². The molecule has 1 amide bonds. The van der Waals surface area contributed by atoms with Crippen molar-refractivity contribution < 1.29 is 9.53 Å². The summed E-state index contributed by atoms with van der Waals surface area (Å²) in [5.74, 6) is 0.0423. The zero-order valence-electron chi connectivity index (χ0n) is 20.4. The monoisotopic (exact) mass is 500 g/mol. The lowest BCUT2D eigenvalue weighted by Gasteiger charge is -2.56. The summed E-state index contributed by atoms with van der Waals surface area (Å²) in [6, 6.07) is 21.6. The number of hydrogen-bond donors (Lipinski definition) is 2. The van der Waals surface area contributed by atoms with Crippen LogP contribution < -0.4 is 10.2 Å². The topological polar surface area (TPSA) is 70.2 Å². The van der Waals surface area contributed by atoms with Crippen molar-refractivity contribution in [3.63, 3.8) is 0 Å². The van der Waals surface area contributed by atoms with Crippen molar-refractivity contribution in [1.29, 1.82) is 0 Å². The molecule has 0 radical (unpaired) electrons. The number of fused-ring (bicyclic) bond motifs is 1. The molecular formula is C29H29ClN4O2. The summed E-state index contributed by atoms with van der Waals surface area (Å²) < 4.78 is 5.74. The van der Waals surface area contributed by atoms with Crippen LogP contribution in [0, 0.1) is 5.92 Å². The first-order valence-corrected chi connectivity index (χ1v) is 12.8. The highest BCUT2D eigenvalue weighted by Gasteiger charge is 2.49. The number of hydrogen-bond acceptors (Lipinski definition) is 4. The number of nitrogens with zero attached hydrogens (tertiary/aromatic N) is 2. The molecule has 36 heavy (non-hydrogen) atoms. The number of carbonyl (C=O) groups excluding carboxylic acids is 1. The molecule has 6 nitrogen and oxygen atoms in total. The number of halogens is 1. The van der Waals surface area contributed by atoms with E-state index >= 15 is 0 Å². The Kier molecular flexibility index (Phi) is 5.73. The minimum absolute atomic E-state index is 0.106. The van der Waals surface area contributed by atoms with E-state index in [-0.39, 0.29) is 23.5 Å². The van der Waals surface area contributed by atoms with Crippen LogP contribution in [0.5, 0.6) is 0 Å². The molecule has 2 saturated heterocycles. The number of aromatic nitrogens is 2. The predicted molar refractivity (Wildman–Crippen MR) is 144 cm³/mol. The second-order valence-corrected chi connectivity index (χ2v) is 10.6. The Morgan fingerprint density at radius 3 is 2.53 bits per heavy atom. The number of anilines is 1. The Balaban J connectivity index is 1.23. The third-order valence-corrected chi connectivity index (χ3v) is 7.79. The fourth-order valence-corrected chi connectivity index (χ4v) is 5.49. The smallest absolute Gasteiger partial charge is 0.251 e. The van der Waals surface area contributed by atoms with E-state index in [4.69, 9.17) is 16.3 Å². The highest BCUT2D eigenvalue weighted by molar-refractivity contribution is 6.31. The summed E-state index contributed by atoms with van der Waals surface area (Å²) in [5, 5.41) is 12.4. The maximum absolute atomic E-state index is 13.3. The van der Waals surface area contributed by atoms with E-state index in [2.05, 4.69) is 58.5 Å². The number of H-pyrrole nitrogens is 1. The van der Waals surface area contributed by atoms with Gasteiger partial charge in [0.25, 0.3) is 5.91 Å². The summed E-state index contributed by atoms with van der Waals surface area (Å²) in [6.07, 6.45) is 1.16. The molecule has 0 bridgehead atoms. The van der Waals surface area contributed by atoms with E-state index in [0.717, 1.165) is 53.8 Å². The summed E-state index contributed by atoms with van der Waals surface area (Å²) >= 11 is 6.44. The van der Waals surface area contributed by atoms with Gasteiger partial charge < -0.3 is 15.0 Å². The maximum Gasteiger partial charge on any atom is 0.251 e. The SMILES string of the molecule is CC(C)C(NC(=O)c1ccc2[nH]nc(-c3ccc(N4CC5(CCO5)C4)cc3)c2c1)c1ccccc1Cl. The van der Waals surface area contributed by atoms with Crippen molar-refractivity contribution in [2.75, 3.05) is 24.6 Å². The summed E-state index contributed by atoms with van der Waals surface area (Å²) in [6.45, 7) is 6.96. The molecular weight excluding hydrogens is 472 g/mol. The summed E-state index contributed by atoms with van der Waals surface area (Å²) in [4.78, 5) is 15.6. The number of benzene rings is 3. The van der Waals surface area contributed by atoms with Crippen LogP contribution in [0.4, 0.5) is 5.69 Å². The minimum Gasteiger partial charge on any atom is -0.371 e. The highest BCUT2D eigenvalue weighted by atomic mass is 35.5. The number of rotatable bonds is 6. The molecule has 2 N–H and O–H groups in total. The van der Waals surface area contributed by atoms with Gasteiger partial charge >= 0.3 is 0 Å². The first-order valence-electron chi connectivity index (χ1n) is 12.5. The number of aromatic amines is 1. The van der Waals surface area contributed by atoms with Gasteiger partial charge in [-0.05, 0) is 47.9 Å². The van der Waals surface area contributed by atoms with Gasteiger partial charge in [-0.3, -0.25) is 9.89 Å². The number of nitrogens with one attached hydrogen (secondary N) is 2. The second kappa shape index (κ2) is 8.95. The molecule has 1 aromatic heterocycles. The largest absolute Gasteiger partial charge is 0.371 e. The van der Waals surface area contributed by atoms with Crippen LogP contribution in [0.3, 0.4) is 0 Å². The van der Waals surface area contributed by atoms with Crippen molar-refractivity contribution >= 4 is 34.1 Å². The van der Waals surface area contributed by atoms with Crippen LogP contribution >= 0.6 is 11.6 Å². The Hall–Kier alpha value is -3.35. The van der Waals surface area contributed by atoms with E-state index in [1.807, 2.05) is 42.5 Å². The van der Waals surface area contributed by atoms with Gasteiger partial charge in [0.1, 0.15) is 5.60 Å². The lowest BCUT2D eigenvalue weighted by molar-refractivity contribution is -0.160. The molecule has 0 saturated carbocycles. The van der Waals surface area contributed by atoms with E-state index in [9.17, 15) is 4.79 Å². The highest BCUT2D eigenvalue weighted by Crippen LogP contribution is 2.39. The first kappa shape index (κ1) is 23.1. The second-order valence-electron chi connectivity index (χ2n) is 10.2. The normalized spacial score (nSPS) is 17.2. The summed E-state index contributed by atoms with van der Waals surface area (Å²) in [7, 11) is 0. The molecule has 3 heterocycles. The van der Waals surface area contributed by atoms with Gasteiger partial charge in [0, 0.05) is 46.7 Å². The van der Waals surface area contributed by atoms with Gasteiger partial charge in [0.05, 0.1) is 23.9 Å². The summed E-state index contributed by atoms with van der Waals surface area (Å²) in [5.41, 5.74) is 5.54. The molecule has 3 aromatic carbocycles. The van der Waals surface area contributed by atoms with Crippen molar-refractivity contribution in [2.24, 2.45) is 5.92 Å². The molecule has 0 aliphatic carbocycles. The molecule has 4 aromatic rings. The molecule has 1 spiro atoms. The number of carbonyl (C=O) groups is 1. The fraction of sp³-hybridized carbons (Fsp3) is 0.310. The standard InChI is InChI=1S/C29H29ClN4O2/c1-18(2)26(22-5-3-4-6-24(22)30)31-28(35)20-9-12-25-23(15-20)27(33-32-25)19-7-10-21(11-8-19)34-16-29(17-34)13-14-36-29/h3-12,15,18,26H,13-14,16-17H2,1-2H3,(H,31,35)(H,32,33). The zero-order valence-corrected chi connectivity index (χ0v) is 21.2. The van der Waals surface area contributed by atoms with Crippen LogP contribution in [0.2, 0.25) is 5.02 Å². The van der Waals surface area contributed by atoms with Crippen molar-refractivity contribution in [3.8, 4) is 11.3 Å². The van der Waals surface area contributed by atoms with Gasteiger partial charge in [-0.1, -0.05) is 55.8 Å². The van der Waals surface area contributed by atoms with E-state index in [0.29, 0.717) is 10.6 Å². The molecule has 7 heteroatoms. The molecule has 6 rings (SSSR count). The van der Waals surface area contributed by atoms with Crippen LogP contribution in [0.15, 0.2) is 66.7 Å². The Morgan fingerprint density at radius 1 is 1.11 bits per heavy atom. The van der Waals surface area contributed by atoms with Crippen molar-refractivity contribution in [1.82, 2.24) is 15.5 Å². The minimum atomic E-state index is -0.191. The zero-order chi connectivity index (χ0) is 24.9. The average Bonchev–Trinajstić information content (AvgIpc) is 3.25. The lowest BCUT2D eigenvalue weighted by atomic mass is 9.86. The molecule has 2 aliphatic heterocycles. The predicted octanol–water partition coefficient (Wildman–Crippen LogP) is 5.99. The van der Waals surface area contributed by atoms with Crippen LogP contribution in [0.1, 0.15) is 42.2 Å². The average molecular weight is 501 g/mol. The third-order valence-electron chi connectivity index (χ3n) is 7.45. The molecule has 1 unspecified atom stereocenters. The van der Waals surface area contributed by atoms with Crippen molar-refractivity contribution in [2.45, 2.75) is 31.9 Å². The Bertz CT molecular complexity index is 1420. The van der Waals surface area contributed by atoms with Gasteiger partial charge in [-0.25, -0.2) is 0 Å². The van der Waals surface area contributed by atoms with Gasteiger partial charge in [-0.2, -0.15) is 5.10 Å². The Labute approximate surface area is 215 Å². The van der Waals surface area contributed by atoms with E-state index in [1.54, 1.807) is 0 Å². The molecule has 1 atom stereocenters. The third kappa shape index (κ3) is 4.04. The first-order chi connectivity index (χ1) is 17.4. The lowest BCUT2D eigenvalue weighted by Crippen LogP contribution is -2.68. The molecule has 2 fully saturated rings. The number of amides is 1. The molecule has 184 valence electrons. The van der Waals surface area contributed by atoms with Crippen LogP contribution in [-0.2, 0) is 4.74 Å². The quantitative estimate of drug-likeness (QED) is 0.341. The van der Waals surface area contributed by atoms with Crippen molar-refractivity contribution in [3.05, 3.63) is 82.9 Å². The number of ether oxygens (including phenoxy) is 1. The van der Waals surface area contributed by atoms with Gasteiger partial charge in [0.2, 0.25) is 0 Å². The maximum atomic E-state index is 13.3. The fourth-order valence-electron chi connectivity index (χ4n) is 5.23. The van der Waals surface area contributed by atoms with E-state index < -0.39 is 0 Å². The van der Waals surface area contributed by atoms with Crippen LogP contribution in [0.25, 0.3) is 22.2 Å². The van der Waals surface area contributed by atoms with Gasteiger partial charge in [0.15, 0.2) is 0 Å².